The van der Waals surface area contributed by atoms with Crippen LogP contribution >= 0.6 is 24.8 Å². The van der Waals surface area contributed by atoms with Crippen LogP contribution in [0.2, 0.25) is 0 Å². The number of carbonyl (C=O) groups is 1. The molecule has 0 bridgehead atoms. The molecule has 1 atom stereocenters. The van der Waals surface area contributed by atoms with Crippen molar-refractivity contribution in [3.05, 3.63) is 59.7 Å². The Morgan fingerprint density at radius 1 is 1.11 bits per heavy atom. The zero-order valence-electron chi connectivity index (χ0n) is 16.1. The van der Waals surface area contributed by atoms with E-state index in [-0.39, 0.29) is 36.8 Å². The van der Waals surface area contributed by atoms with Crippen LogP contribution in [0.15, 0.2) is 48.5 Å². The first-order valence-electron chi connectivity index (χ1n) is 9.20. The van der Waals surface area contributed by atoms with E-state index in [1.54, 1.807) is 31.4 Å². The minimum absolute atomic E-state index is 0. The standard InChI is InChI=1S/C21H27N3O2.2ClH/c1-26-20-11-4-3-10-18(20)19(24-12-5-2-6-13-24)15-23-21(25)16-8-7-9-17(22)14-16;;/h3-4,7-11,14,19H,2,5-6,12-13,15,22H2,1H3,(H,23,25);2*1H. The maximum atomic E-state index is 12.6. The number of ether oxygens (including phenoxy) is 1. The number of hydrogen-bond acceptors (Lipinski definition) is 4. The predicted molar refractivity (Wildman–Crippen MR) is 119 cm³/mol. The minimum Gasteiger partial charge on any atom is -0.496 e. The van der Waals surface area contributed by atoms with Crippen LogP contribution in [0.25, 0.3) is 0 Å². The lowest BCUT2D eigenvalue weighted by atomic mass is 10.0. The number of anilines is 1. The van der Waals surface area contributed by atoms with E-state index < -0.39 is 0 Å². The fourth-order valence-electron chi connectivity index (χ4n) is 3.58. The van der Waals surface area contributed by atoms with Crippen LogP contribution in [-0.2, 0) is 0 Å². The summed E-state index contributed by atoms with van der Waals surface area (Å²) in [6.07, 6.45) is 3.65. The van der Waals surface area contributed by atoms with Gasteiger partial charge < -0.3 is 15.8 Å². The maximum Gasteiger partial charge on any atom is 0.251 e. The number of halogens is 2. The van der Waals surface area contributed by atoms with Crippen LogP contribution in [0.3, 0.4) is 0 Å². The van der Waals surface area contributed by atoms with Crippen LogP contribution in [0.5, 0.6) is 5.75 Å². The number of para-hydroxylation sites is 1. The number of likely N-dealkylation sites (tertiary alicyclic amines) is 1. The van der Waals surface area contributed by atoms with Gasteiger partial charge in [0, 0.05) is 23.4 Å². The Morgan fingerprint density at radius 3 is 2.50 bits per heavy atom. The molecule has 1 unspecified atom stereocenters. The molecule has 1 amide bonds. The molecule has 0 aromatic heterocycles. The van der Waals surface area contributed by atoms with Crippen molar-refractivity contribution in [1.29, 1.82) is 0 Å². The van der Waals surface area contributed by atoms with Crippen molar-refractivity contribution >= 4 is 36.4 Å². The van der Waals surface area contributed by atoms with Gasteiger partial charge in [0.15, 0.2) is 0 Å². The monoisotopic (exact) mass is 425 g/mol. The summed E-state index contributed by atoms with van der Waals surface area (Å²) < 4.78 is 5.57. The van der Waals surface area contributed by atoms with Gasteiger partial charge in [0.2, 0.25) is 0 Å². The quantitative estimate of drug-likeness (QED) is 0.684. The second kappa shape index (κ2) is 11.8. The largest absolute Gasteiger partial charge is 0.496 e. The van der Waals surface area contributed by atoms with Crippen molar-refractivity contribution in [2.45, 2.75) is 25.3 Å². The van der Waals surface area contributed by atoms with E-state index in [0.29, 0.717) is 17.8 Å². The molecule has 28 heavy (non-hydrogen) atoms. The molecule has 7 heteroatoms. The Morgan fingerprint density at radius 2 is 1.82 bits per heavy atom. The first-order chi connectivity index (χ1) is 12.7. The van der Waals surface area contributed by atoms with Crippen LogP contribution < -0.4 is 15.8 Å². The molecule has 1 heterocycles. The molecule has 3 N–H and O–H groups in total. The normalized spacial score (nSPS) is 14.9. The topological polar surface area (TPSA) is 67.6 Å². The molecule has 0 aliphatic carbocycles. The number of piperidine rings is 1. The first kappa shape index (κ1) is 24.1. The molecule has 154 valence electrons. The summed E-state index contributed by atoms with van der Waals surface area (Å²) in [4.78, 5) is 15.0. The molecule has 1 aliphatic rings. The second-order valence-electron chi connectivity index (χ2n) is 6.69. The highest BCUT2D eigenvalue weighted by molar-refractivity contribution is 5.95. The van der Waals surface area contributed by atoms with Crippen molar-refractivity contribution in [2.75, 3.05) is 32.5 Å². The van der Waals surface area contributed by atoms with Crippen LogP contribution in [0, 0.1) is 0 Å². The van der Waals surface area contributed by atoms with Crippen LogP contribution in [-0.4, -0.2) is 37.6 Å². The van der Waals surface area contributed by atoms with Crippen molar-refractivity contribution in [3.8, 4) is 5.75 Å². The van der Waals surface area contributed by atoms with Gasteiger partial charge in [0.05, 0.1) is 13.2 Å². The molecule has 1 fully saturated rings. The van der Waals surface area contributed by atoms with E-state index in [9.17, 15) is 4.79 Å². The Kier molecular flexibility index (Phi) is 10.1. The van der Waals surface area contributed by atoms with E-state index in [2.05, 4.69) is 16.3 Å². The third kappa shape index (κ3) is 6.03. The number of nitrogens with one attached hydrogen (secondary N) is 1. The van der Waals surface area contributed by atoms with Crippen molar-refractivity contribution < 1.29 is 9.53 Å². The van der Waals surface area contributed by atoms with Gasteiger partial charge in [-0.15, -0.1) is 24.8 Å². The minimum atomic E-state index is -0.103. The van der Waals surface area contributed by atoms with E-state index >= 15 is 0 Å². The average Bonchev–Trinajstić information content (AvgIpc) is 2.69. The smallest absolute Gasteiger partial charge is 0.251 e. The highest BCUT2D eigenvalue weighted by Gasteiger charge is 2.25. The van der Waals surface area contributed by atoms with E-state index in [1.807, 2.05) is 18.2 Å². The molecule has 3 rings (SSSR count). The second-order valence-corrected chi connectivity index (χ2v) is 6.69. The summed E-state index contributed by atoms with van der Waals surface area (Å²) >= 11 is 0. The molecular formula is C21H29Cl2N3O2. The van der Waals surface area contributed by atoms with Gasteiger partial charge in [-0.1, -0.05) is 30.7 Å². The zero-order chi connectivity index (χ0) is 18.4. The summed E-state index contributed by atoms with van der Waals surface area (Å²) in [5.74, 6) is 0.760. The van der Waals surface area contributed by atoms with Crippen molar-refractivity contribution in [1.82, 2.24) is 10.2 Å². The number of carbonyl (C=O) groups excluding carboxylic acids is 1. The molecule has 1 aliphatic heterocycles. The van der Waals surface area contributed by atoms with E-state index in [0.717, 1.165) is 24.4 Å². The predicted octanol–water partition coefficient (Wildman–Crippen LogP) is 4.08. The van der Waals surface area contributed by atoms with Crippen molar-refractivity contribution in [3.63, 3.8) is 0 Å². The fraction of sp³-hybridized carbons (Fsp3) is 0.381. The highest BCUT2D eigenvalue weighted by atomic mass is 35.5. The molecule has 0 spiro atoms. The Hall–Kier alpha value is -1.95. The van der Waals surface area contributed by atoms with Gasteiger partial charge in [-0.05, 0) is 50.2 Å². The van der Waals surface area contributed by atoms with Gasteiger partial charge in [-0.3, -0.25) is 9.69 Å². The van der Waals surface area contributed by atoms with E-state index in [4.69, 9.17) is 10.5 Å². The molecular weight excluding hydrogens is 397 g/mol. The molecule has 1 saturated heterocycles. The van der Waals surface area contributed by atoms with Gasteiger partial charge in [-0.2, -0.15) is 0 Å². The number of methoxy groups -OCH3 is 1. The SMILES string of the molecule is COc1ccccc1C(CNC(=O)c1cccc(N)c1)N1CCCCC1.Cl.Cl. The number of rotatable bonds is 6. The average molecular weight is 426 g/mol. The molecule has 0 radical (unpaired) electrons. The van der Waals surface area contributed by atoms with Crippen LogP contribution in [0.1, 0.15) is 41.2 Å². The van der Waals surface area contributed by atoms with Gasteiger partial charge >= 0.3 is 0 Å². The lowest BCUT2D eigenvalue weighted by Crippen LogP contribution is -2.40. The number of amides is 1. The number of nitrogen functional groups attached to an aromatic ring is 1. The number of nitrogens with two attached hydrogens (primary N) is 1. The third-order valence-electron chi connectivity index (χ3n) is 4.93. The lowest BCUT2D eigenvalue weighted by molar-refractivity contribution is 0.0923. The third-order valence-corrected chi connectivity index (χ3v) is 4.93. The fourth-order valence-corrected chi connectivity index (χ4v) is 3.58. The highest BCUT2D eigenvalue weighted by Crippen LogP contribution is 2.31. The van der Waals surface area contributed by atoms with Crippen molar-refractivity contribution in [2.24, 2.45) is 0 Å². The summed E-state index contributed by atoms with van der Waals surface area (Å²) in [6.45, 7) is 2.61. The molecule has 0 saturated carbocycles. The molecule has 2 aromatic rings. The summed E-state index contributed by atoms with van der Waals surface area (Å²) in [7, 11) is 1.69. The van der Waals surface area contributed by atoms with Crippen LogP contribution in [0.4, 0.5) is 5.69 Å². The number of nitrogens with zero attached hydrogens (tertiary/aromatic N) is 1. The number of hydrogen-bond donors (Lipinski definition) is 2. The Labute approximate surface area is 179 Å². The summed E-state index contributed by atoms with van der Waals surface area (Å²) in [5, 5.41) is 3.08. The summed E-state index contributed by atoms with van der Waals surface area (Å²) in [5.41, 5.74) is 8.09. The molecule has 2 aromatic carbocycles. The first-order valence-corrected chi connectivity index (χ1v) is 9.20. The summed E-state index contributed by atoms with van der Waals surface area (Å²) in [6, 6.07) is 15.2. The molecule has 5 nitrogen and oxygen atoms in total. The van der Waals surface area contributed by atoms with E-state index in [1.165, 1.54) is 19.3 Å². The lowest BCUT2D eigenvalue weighted by Gasteiger charge is -2.35. The number of benzene rings is 2. The maximum absolute atomic E-state index is 12.6. The Balaban J connectivity index is 0.00000196. The van der Waals surface area contributed by atoms with Gasteiger partial charge in [0.25, 0.3) is 5.91 Å². The van der Waals surface area contributed by atoms with Gasteiger partial charge in [0.1, 0.15) is 5.75 Å². The van der Waals surface area contributed by atoms with Gasteiger partial charge in [-0.25, -0.2) is 0 Å². The Bertz CT molecular complexity index is 752. The zero-order valence-corrected chi connectivity index (χ0v) is 17.7.